The van der Waals surface area contributed by atoms with E-state index in [2.05, 4.69) is 33.0 Å². The van der Waals surface area contributed by atoms with Crippen molar-refractivity contribution in [2.24, 2.45) is 0 Å². The van der Waals surface area contributed by atoms with Crippen molar-refractivity contribution in [3.63, 3.8) is 0 Å². The number of benzene rings is 2. The Hall–Kier alpha value is -2.68. The van der Waals surface area contributed by atoms with Crippen molar-refractivity contribution in [1.29, 1.82) is 0 Å². The van der Waals surface area contributed by atoms with Gasteiger partial charge in [-0.3, -0.25) is 9.59 Å². The molecule has 0 radical (unpaired) electrons. The molecule has 0 aliphatic heterocycles. The summed E-state index contributed by atoms with van der Waals surface area (Å²) in [6.07, 6.45) is 0. The van der Waals surface area contributed by atoms with Crippen LogP contribution in [0.5, 0.6) is 5.75 Å². The fourth-order valence-electron chi connectivity index (χ4n) is 2.56. The number of hydrogen-bond donors (Lipinski definition) is 1. The first-order valence-electron chi connectivity index (χ1n) is 8.29. The number of ether oxygens (including phenoxy) is 1. The SMILES string of the molecule is COc1ccccc1-c1ccc(=O)n(CC(=O)NCc2ccc(I)cc2)n1. The molecule has 0 aliphatic carbocycles. The first-order chi connectivity index (χ1) is 13.1. The van der Waals surface area contributed by atoms with Crippen LogP contribution in [0.1, 0.15) is 5.56 Å². The summed E-state index contributed by atoms with van der Waals surface area (Å²) in [4.78, 5) is 24.3. The molecule has 3 aromatic rings. The average Bonchev–Trinajstić information content (AvgIpc) is 2.69. The van der Waals surface area contributed by atoms with Crippen LogP contribution in [0.25, 0.3) is 11.3 Å². The van der Waals surface area contributed by atoms with Gasteiger partial charge in [0.2, 0.25) is 5.91 Å². The van der Waals surface area contributed by atoms with E-state index in [0.29, 0.717) is 18.0 Å². The molecule has 0 bridgehead atoms. The fourth-order valence-corrected chi connectivity index (χ4v) is 2.92. The van der Waals surface area contributed by atoms with Gasteiger partial charge in [0.25, 0.3) is 5.56 Å². The fraction of sp³-hybridized carbons (Fsp3) is 0.150. The third-order valence-electron chi connectivity index (χ3n) is 3.95. The highest BCUT2D eigenvalue weighted by molar-refractivity contribution is 14.1. The summed E-state index contributed by atoms with van der Waals surface area (Å²) in [6.45, 7) is 0.253. The highest BCUT2D eigenvalue weighted by atomic mass is 127. The molecule has 0 unspecified atom stereocenters. The van der Waals surface area contributed by atoms with Crippen LogP contribution in [0.2, 0.25) is 0 Å². The quantitative estimate of drug-likeness (QED) is 0.557. The van der Waals surface area contributed by atoms with Crippen molar-refractivity contribution in [3.05, 3.63) is 80.2 Å². The summed E-state index contributed by atoms with van der Waals surface area (Å²) in [5, 5.41) is 7.13. The van der Waals surface area contributed by atoms with Crippen LogP contribution in [-0.4, -0.2) is 22.8 Å². The zero-order valence-corrected chi connectivity index (χ0v) is 16.8. The largest absolute Gasteiger partial charge is 0.496 e. The number of aromatic nitrogens is 2. The van der Waals surface area contributed by atoms with E-state index in [-0.39, 0.29) is 18.0 Å². The van der Waals surface area contributed by atoms with E-state index in [1.807, 2.05) is 48.5 Å². The molecule has 2 aromatic carbocycles. The third-order valence-corrected chi connectivity index (χ3v) is 4.67. The van der Waals surface area contributed by atoms with Crippen LogP contribution in [-0.2, 0) is 17.9 Å². The van der Waals surface area contributed by atoms with Crippen molar-refractivity contribution < 1.29 is 9.53 Å². The molecule has 6 nitrogen and oxygen atoms in total. The van der Waals surface area contributed by atoms with Crippen molar-refractivity contribution >= 4 is 28.5 Å². The standard InChI is InChI=1S/C20H18IN3O3/c1-27-18-5-3-2-4-16(18)17-10-11-20(26)24(23-17)13-19(25)22-12-14-6-8-15(21)9-7-14/h2-11H,12-13H2,1H3,(H,22,25). The maximum absolute atomic E-state index is 12.2. The Labute approximate surface area is 170 Å². The lowest BCUT2D eigenvalue weighted by atomic mass is 10.1. The van der Waals surface area contributed by atoms with Gasteiger partial charge in [-0.15, -0.1) is 0 Å². The molecule has 1 N–H and O–H groups in total. The first kappa shape index (κ1) is 19.1. The average molecular weight is 475 g/mol. The molecule has 0 atom stereocenters. The third kappa shape index (κ3) is 4.94. The first-order valence-corrected chi connectivity index (χ1v) is 9.37. The zero-order valence-electron chi connectivity index (χ0n) is 14.7. The number of nitrogens with zero attached hydrogens (tertiary/aromatic N) is 2. The van der Waals surface area contributed by atoms with Gasteiger partial charge >= 0.3 is 0 Å². The number of carbonyl (C=O) groups excluding carboxylic acids is 1. The number of hydrogen-bond acceptors (Lipinski definition) is 4. The van der Waals surface area contributed by atoms with Gasteiger partial charge in [-0.05, 0) is 58.5 Å². The van der Waals surface area contributed by atoms with E-state index in [0.717, 1.165) is 19.4 Å². The van der Waals surface area contributed by atoms with Gasteiger partial charge < -0.3 is 10.1 Å². The van der Waals surface area contributed by atoms with Crippen molar-refractivity contribution in [3.8, 4) is 17.0 Å². The van der Waals surface area contributed by atoms with Crippen LogP contribution in [0, 0.1) is 3.57 Å². The van der Waals surface area contributed by atoms with Gasteiger partial charge in [0.05, 0.1) is 12.8 Å². The number of amides is 1. The molecule has 0 aliphatic rings. The molecule has 1 aromatic heterocycles. The molecule has 3 rings (SSSR count). The van der Waals surface area contributed by atoms with E-state index in [1.54, 1.807) is 13.2 Å². The van der Waals surface area contributed by atoms with Crippen molar-refractivity contribution in [1.82, 2.24) is 15.1 Å². The minimum atomic E-state index is -0.335. The number of para-hydroxylation sites is 1. The Morgan fingerprint density at radius 2 is 1.85 bits per heavy atom. The summed E-state index contributed by atoms with van der Waals surface area (Å²) < 4.78 is 7.63. The number of carbonyl (C=O) groups is 1. The minimum Gasteiger partial charge on any atom is -0.496 e. The normalized spacial score (nSPS) is 10.4. The topological polar surface area (TPSA) is 73.2 Å². The minimum absolute atomic E-state index is 0.147. The second-order valence-corrected chi connectivity index (χ2v) is 7.06. The van der Waals surface area contributed by atoms with E-state index in [4.69, 9.17) is 4.74 Å². The van der Waals surface area contributed by atoms with E-state index in [9.17, 15) is 9.59 Å². The Balaban J connectivity index is 1.73. The van der Waals surface area contributed by atoms with Gasteiger partial charge in [0, 0.05) is 21.7 Å². The van der Waals surface area contributed by atoms with Crippen LogP contribution in [0.3, 0.4) is 0 Å². The van der Waals surface area contributed by atoms with Gasteiger partial charge in [-0.2, -0.15) is 5.10 Å². The van der Waals surface area contributed by atoms with E-state index < -0.39 is 0 Å². The summed E-state index contributed by atoms with van der Waals surface area (Å²) >= 11 is 2.23. The van der Waals surface area contributed by atoms with Crippen LogP contribution < -0.4 is 15.6 Å². The van der Waals surface area contributed by atoms with Gasteiger partial charge in [0.15, 0.2) is 0 Å². The molecule has 1 amide bonds. The molecule has 27 heavy (non-hydrogen) atoms. The van der Waals surface area contributed by atoms with Gasteiger partial charge in [-0.1, -0.05) is 24.3 Å². The predicted molar refractivity (Wildman–Crippen MR) is 111 cm³/mol. The zero-order chi connectivity index (χ0) is 19.2. The molecule has 7 heteroatoms. The molecular formula is C20H18IN3O3. The number of rotatable bonds is 6. The van der Waals surface area contributed by atoms with Crippen molar-refractivity contribution in [2.75, 3.05) is 7.11 Å². The highest BCUT2D eigenvalue weighted by Gasteiger charge is 2.11. The Bertz CT molecular complexity index is 1000. The molecular weight excluding hydrogens is 457 g/mol. The number of methoxy groups -OCH3 is 1. The summed E-state index contributed by atoms with van der Waals surface area (Å²) in [7, 11) is 1.58. The maximum Gasteiger partial charge on any atom is 0.267 e. The second-order valence-electron chi connectivity index (χ2n) is 5.82. The number of halogens is 1. The van der Waals surface area contributed by atoms with Crippen molar-refractivity contribution in [2.45, 2.75) is 13.1 Å². The van der Waals surface area contributed by atoms with Gasteiger partial charge in [0.1, 0.15) is 12.3 Å². The Kier molecular flexibility index (Phi) is 6.23. The molecule has 138 valence electrons. The summed E-state index contributed by atoms with van der Waals surface area (Å²) in [5.74, 6) is 0.374. The van der Waals surface area contributed by atoms with Crippen LogP contribution in [0.4, 0.5) is 0 Å². The molecule has 0 saturated heterocycles. The monoisotopic (exact) mass is 475 g/mol. The molecule has 0 fully saturated rings. The second kappa shape index (κ2) is 8.81. The lowest BCUT2D eigenvalue weighted by molar-refractivity contribution is -0.122. The van der Waals surface area contributed by atoms with E-state index in [1.165, 1.54) is 6.07 Å². The lowest BCUT2D eigenvalue weighted by Gasteiger charge is -2.10. The predicted octanol–water partition coefficient (Wildman–Crippen LogP) is 2.84. The smallest absolute Gasteiger partial charge is 0.267 e. The van der Waals surface area contributed by atoms with Gasteiger partial charge in [-0.25, -0.2) is 4.68 Å². The number of nitrogens with one attached hydrogen (secondary N) is 1. The van der Waals surface area contributed by atoms with Crippen LogP contribution >= 0.6 is 22.6 Å². The summed E-state index contributed by atoms with van der Waals surface area (Å²) in [6, 6.07) is 18.3. The molecule has 0 saturated carbocycles. The lowest BCUT2D eigenvalue weighted by Crippen LogP contribution is -2.33. The maximum atomic E-state index is 12.2. The Morgan fingerprint density at radius 1 is 1.11 bits per heavy atom. The highest BCUT2D eigenvalue weighted by Crippen LogP contribution is 2.27. The van der Waals surface area contributed by atoms with Crippen LogP contribution in [0.15, 0.2) is 65.5 Å². The molecule has 1 heterocycles. The summed E-state index contributed by atoms with van der Waals surface area (Å²) in [5.41, 5.74) is 1.98. The Morgan fingerprint density at radius 3 is 2.59 bits per heavy atom. The molecule has 0 spiro atoms. The van der Waals surface area contributed by atoms with E-state index >= 15 is 0 Å².